The van der Waals surface area contributed by atoms with Crippen molar-refractivity contribution in [2.75, 3.05) is 0 Å². The van der Waals surface area contributed by atoms with Crippen LogP contribution >= 0.6 is 15.9 Å². The van der Waals surface area contributed by atoms with E-state index in [0.29, 0.717) is 4.47 Å². The lowest BCUT2D eigenvalue weighted by molar-refractivity contribution is 0.0694. The molecule has 0 fully saturated rings. The first kappa shape index (κ1) is 12.6. The predicted octanol–water partition coefficient (Wildman–Crippen LogP) is 4.08. The molecular weight excluding hydrogens is 303 g/mol. The highest BCUT2D eigenvalue weighted by molar-refractivity contribution is 9.10. The van der Waals surface area contributed by atoms with Gasteiger partial charge >= 0.3 is 5.97 Å². The average Bonchev–Trinajstić information content (AvgIpc) is 2.33. The van der Waals surface area contributed by atoms with Crippen molar-refractivity contribution in [3.63, 3.8) is 0 Å². The monoisotopic (exact) mass is 310 g/mol. The summed E-state index contributed by atoms with van der Waals surface area (Å²) in [5, 5.41) is 8.98. The van der Waals surface area contributed by atoms with Crippen molar-refractivity contribution in [3.8, 4) is 11.5 Å². The van der Waals surface area contributed by atoms with E-state index in [1.54, 1.807) is 18.2 Å². The van der Waals surface area contributed by atoms with Crippen molar-refractivity contribution < 1.29 is 19.0 Å². The molecule has 0 atom stereocenters. The fraction of sp³-hybridized carbons (Fsp3) is 0. The van der Waals surface area contributed by atoms with Crippen molar-refractivity contribution in [3.05, 3.63) is 58.3 Å². The largest absolute Gasteiger partial charge is 0.478 e. The minimum Gasteiger partial charge on any atom is -0.478 e. The molecule has 0 aliphatic heterocycles. The lowest BCUT2D eigenvalue weighted by atomic mass is 10.2. The Bertz CT molecular complexity index is 599. The Morgan fingerprint density at radius 3 is 2.56 bits per heavy atom. The zero-order chi connectivity index (χ0) is 13.1. The minimum absolute atomic E-state index is 0.0141. The zero-order valence-electron chi connectivity index (χ0n) is 9.06. The van der Waals surface area contributed by atoms with Crippen molar-refractivity contribution in [2.45, 2.75) is 0 Å². The van der Waals surface area contributed by atoms with Gasteiger partial charge in [-0.2, -0.15) is 0 Å². The van der Waals surface area contributed by atoms with E-state index in [-0.39, 0.29) is 17.1 Å². The van der Waals surface area contributed by atoms with E-state index in [4.69, 9.17) is 9.84 Å². The van der Waals surface area contributed by atoms with Crippen LogP contribution in [0.1, 0.15) is 10.4 Å². The van der Waals surface area contributed by atoms with Crippen LogP contribution in [-0.2, 0) is 0 Å². The first-order valence-electron chi connectivity index (χ1n) is 5.03. The van der Waals surface area contributed by atoms with E-state index in [1.165, 1.54) is 24.3 Å². The van der Waals surface area contributed by atoms with Gasteiger partial charge in [0.25, 0.3) is 0 Å². The number of hydrogen-bond acceptors (Lipinski definition) is 2. The van der Waals surface area contributed by atoms with E-state index in [0.717, 1.165) is 0 Å². The molecule has 2 rings (SSSR count). The van der Waals surface area contributed by atoms with Crippen molar-refractivity contribution in [2.24, 2.45) is 0 Å². The molecule has 0 heterocycles. The SMILES string of the molecule is O=C(O)c1ccccc1Oc1ccc(Br)cc1F. The zero-order valence-corrected chi connectivity index (χ0v) is 10.6. The maximum Gasteiger partial charge on any atom is 0.339 e. The van der Waals surface area contributed by atoms with Gasteiger partial charge in [-0.3, -0.25) is 0 Å². The van der Waals surface area contributed by atoms with Gasteiger partial charge in [0.15, 0.2) is 11.6 Å². The highest BCUT2D eigenvalue weighted by atomic mass is 79.9. The number of aromatic carboxylic acids is 1. The molecule has 2 aromatic carbocycles. The summed E-state index contributed by atoms with van der Waals surface area (Å²) in [6, 6.07) is 10.4. The summed E-state index contributed by atoms with van der Waals surface area (Å²) in [4.78, 5) is 11.0. The molecule has 0 bridgehead atoms. The Morgan fingerprint density at radius 2 is 1.89 bits per heavy atom. The van der Waals surface area contributed by atoms with Crippen LogP contribution in [-0.4, -0.2) is 11.1 Å². The Kier molecular flexibility index (Phi) is 3.62. The highest BCUT2D eigenvalue weighted by Gasteiger charge is 2.12. The maximum absolute atomic E-state index is 13.6. The van der Waals surface area contributed by atoms with Crippen LogP contribution in [0.5, 0.6) is 11.5 Å². The Balaban J connectivity index is 2.37. The van der Waals surface area contributed by atoms with Crippen molar-refractivity contribution in [1.29, 1.82) is 0 Å². The number of benzene rings is 2. The lowest BCUT2D eigenvalue weighted by Crippen LogP contribution is -2.00. The van der Waals surface area contributed by atoms with E-state index in [9.17, 15) is 9.18 Å². The molecule has 5 heteroatoms. The summed E-state index contributed by atoms with van der Waals surface area (Å²) in [7, 11) is 0. The van der Waals surface area contributed by atoms with Crippen LogP contribution in [0.4, 0.5) is 4.39 Å². The topological polar surface area (TPSA) is 46.5 Å². The maximum atomic E-state index is 13.6. The number of hydrogen-bond donors (Lipinski definition) is 1. The predicted molar refractivity (Wildman–Crippen MR) is 67.6 cm³/mol. The number of carboxylic acid groups (broad SMARTS) is 1. The summed E-state index contributed by atoms with van der Waals surface area (Å²) < 4.78 is 19.4. The summed E-state index contributed by atoms with van der Waals surface area (Å²) in [5.74, 6) is -1.61. The molecule has 0 saturated carbocycles. The van der Waals surface area contributed by atoms with Crippen LogP contribution in [0, 0.1) is 5.82 Å². The number of carbonyl (C=O) groups is 1. The fourth-order valence-corrected chi connectivity index (χ4v) is 1.74. The number of ether oxygens (including phenoxy) is 1. The van der Waals surface area contributed by atoms with Crippen LogP contribution < -0.4 is 4.74 Å². The number of rotatable bonds is 3. The van der Waals surface area contributed by atoms with E-state index >= 15 is 0 Å². The van der Waals surface area contributed by atoms with Gasteiger partial charge in [-0.25, -0.2) is 9.18 Å². The third-order valence-electron chi connectivity index (χ3n) is 2.23. The summed E-state index contributed by atoms with van der Waals surface area (Å²) in [6.45, 7) is 0. The number of carboxylic acids is 1. The van der Waals surface area contributed by atoms with Crippen LogP contribution in [0.3, 0.4) is 0 Å². The second-order valence-electron chi connectivity index (χ2n) is 3.48. The molecule has 0 radical (unpaired) electrons. The van der Waals surface area contributed by atoms with Gasteiger partial charge in [-0.05, 0) is 30.3 Å². The second kappa shape index (κ2) is 5.18. The van der Waals surface area contributed by atoms with E-state index < -0.39 is 11.8 Å². The number of halogens is 2. The molecule has 0 spiro atoms. The van der Waals surface area contributed by atoms with Gasteiger partial charge in [0.1, 0.15) is 11.3 Å². The smallest absolute Gasteiger partial charge is 0.339 e. The molecule has 1 N–H and O–H groups in total. The lowest BCUT2D eigenvalue weighted by Gasteiger charge is -2.09. The van der Waals surface area contributed by atoms with Crippen molar-refractivity contribution >= 4 is 21.9 Å². The van der Waals surface area contributed by atoms with Crippen LogP contribution in [0.15, 0.2) is 46.9 Å². The summed E-state index contributed by atoms with van der Waals surface area (Å²) in [5.41, 5.74) is -0.0141. The molecule has 0 amide bonds. The van der Waals surface area contributed by atoms with E-state index in [1.807, 2.05) is 0 Å². The molecule has 0 saturated heterocycles. The van der Waals surface area contributed by atoms with Crippen LogP contribution in [0.25, 0.3) is 0 Å². The van der Waals surface area contributed by atoms with Crippen molar-refractivity contribution in [1.82, 2.24) is 0 Å². The van der Waals surface area contributed by atoms with Gasteiger partial charge in [-0.15, -0.1) is 0 Å². The van der Waals surface area contributed by atoms with Gasteiger partial charge < -0.3 is 9.84 Å². The first-order valence-corrected chi connectivity index (χ1v) is 5.82. The molecule has 92 valence electrons. The highest BCUT2D eigenvalue weighted by Crippen LogP contribution is 2.29. The summed E-state index contributed by atoms with van der Waals surface area (Å²) in [6.07, 6.45) is 0. The van der Waals surface area contributed by atoms with Gasteiger partial charge in [0.05, 0.1) is 0 Å². The standard InChI is InChI=1S/C13H8BrFO3/c14-8-5-6-12(10(15)7-8)18-11-4-2-1-3-9(11)13(16)17/h1-7H,(H,16,17). The number of para-hydroxylation sites is 1. The third kappa shape index (κ3) is 2.68. The van der Waals surface area contributed by atoms with Gasteiger partial charge in [-0.1, -0.05) is 28.1 Å². The first-order chi connectivity index (χ1) is 8.58. The van der Waals surface area contributed by atoms with Gasteiger partial charge in [0, 0.05) is 4.47 Å². The van der Waals surface area contributed by atoms with E-state index in [2.05, 4.69) is 15.9 Å². The molecule has 0 aliphatic rings. The molecule has 0 aromatic heterocycles. The average molecular weight is 311 g/mol. The van der Waals surface area contributed by atoms with Gasteiger partial charge in [0.2, 0.25) is 0 Å². The Morgan fingerprint density at radius 1 is 1.17 bits per heavy atom. The molecule has 18 heavy (non-hydrogen) atoms. The molecular formula is C13H8BrFO3. The molecule has 0 unspecified atom stereocenters. The second-order valence-corrected chi connectivity index (χ2v) is 4.39. The Labute approximate surface area is 111 Å². The third-order valence-corrected chi connectivity index (χ3v) is 2.72. The molecule has 3 nitrogen and oxygen atoms in total. The molecule has 0 aliphatic carbocycles. The minimum atomic E-state index is -1.12. The summed E-state index contributed by atoms with van der Waals surface area (Å²) >= 11 is 3.13. The van der Waals surface area contributed by atoms with Crippen LogP contribution in [0.2, 0.25) is 0 Å². The fourth-order valence-electron chi connectivity index (χ4n) is 1.41. The molecule has 2 aromatic rings. The quantitative estimate of drug-likeness (QED) is 0.929. The normalized spacial score (nSPS) is 10.1. The Hall–Kier alpha value is -1.88.